The van der Waals surface area contributed by atoms with Crippen molar-refractivity contribution in [2.75, 3.05) is 19.0 Å². The Morgan fingerprint density at radius 2 is 1.77 bits per heavy atom. The van der Waals surface area contributed by atoms with Gasteiger partial charge in [0, 0.05) is 25.9 Å². The molecule has 0 aliphatic carbocycles. The first-order chi connectivity index (χ1) is 10.3. The summed E-state index contributed by atoms with van der Waals surface area (Å²) in [5.74, 6) is 0.0182. The van der Waals surface area contributed by atoms with Crippen LogP contribution >= 0.6 is 0 Å². The third kappa shape index (κ3) is 3.58. The lowest BCUT2D eigenvalue weighted by molar-refractivity contribution is -0.137. The first-order valence-corrected chi connectivity index (χ1v) is 6.49. The van der Waals surface area contributed by atoms with Crippen molar-refractivity contribution in [3.05, 3.63) is 53.6 Å². The van der Waals surface area contributed by atoms with Gasteiger partial charge in [0.25, 0.3) is 0 Å². The summed E-state index contributed by atoms with van der Waals surface area (Å²) >= 11 is 0. The average molecular weight is 308 g/mol. The molecule has 2 aromatic rings. The number of nitrogens with zero attached hydrogens (tertiary/aromatic N) is 2. The largest absolute Gasteiger partial charge is 0.507 e. The van der Waals surface area contributed by atoms with Gasteiger partial charge in [-0.05, 0) is 30.3 Å². The third-order valence-electron chi connectivity index (χ3n) is 3.06. The predicted octanol–water partition coefficient (Wildman–Crippen LogP) is 4.23. The van der Waals surface area contributed by atoms with Gasteiger partial charge in [0.2, 0.25) is 0 Å². The van der Waals surface area contributed by atoms with Crippen LogP contribution in [-0.2, 0) is 6.18 Å². The maximum atomic E-state index is 12.8. The fraction of sp³-hybridized carbons (Fsp3) is 0.188. The van der Waals surface area contributed by atoms with Crippen LogP contribution in [0, 0.1) is 0 Å². The zero-order valence-corrected chi connectivity index (χ0v) is 12.1. The molecule has 0 bridgehead atoms. The molecule has 0 heterocycles. The van der Waals surface area contributed by atoms with E-state index in [4.69, 9.17) is 0 Å². The van der Waals surface area contributed by atoms with Crippen LogP contribution in [-0.4, -0.2) is 25.4 Å². The summed E-state index contributed by atoms with van der Waals surface area (Å²) in [6.07, 6.45) is -3.08. The molecule has 0 radical (unpaired) electrons. The summed E-state index contributed by atoms with van der Waals surface area (Å²) in [5, 5.41) is 9.67. The zero-order valence-electron chi connectivity index (χ0n) is 12.1. The molecule has 2 aromatic carbocycles. The number of anilines is 1. The van der Waals surface area contributed by atoms with Crippen molar-refractivity contribution in [1.29, 1.82) is 0 Å². The number of aromatic hydroxyl groups is 1. The second-order valence-electron chi connectivity index (χ2n) is 4.91. The Hall–Kier alpha value is -2.50. The fourth-order valence-electron chi connectivity index (χ4n) is 1.92. The van der Waals surface area contributed by atoms with E-state index in [1.807, 2.05) is 0 Å². The van der Waals surface area contributed by atoms with E-state index in [-0.39, 0.29) is 11.4 Å². The van der Waals surface area contributed by atoms with Gasteiger partial charge in [-0.15, -0.1) is 0 Å². The second-order valence-corrected chi connectivity index (χ2v) is 4.91. The highest BCUT2D eigenvalue weighted by atomic mass is 19.4. The van der Waals surface area contributed by atoms with E-state index in [1.165, 1.54) is 18.3 Å². The topological polar surface area (TPSA) is 35.8 Å². The molecule has 0 saturated carbocycles. The number of phenolic OH excluding ortho intramolecular Hbond substituents is 1. The number of aliphatic imine (C=N–C) groups is 1. The number of hydrogen-bond donors (Lipinski definition) is 1. The standard InChI is InChI=1S/C16H15F3N2O/c1-21(2)14-8-7-12(16(17,18)19)9-13(14)20-10-11-5-3-4-6-15(11)22/h3-10,22H,1-2H3. The van der Waals surface area contributed by atoms with Gasteiger partial charge in [-0.2, -0.15) is 13.2 Å². The molecule has 2 rings (SSSR count). The maximum absolute atomic E-state index is 12.8. The molecule has 0 fully saturated rings. The first kappa shape index (κ1) is 15.9. The Bertz CT molecular complexity index is 694. The highest BCUT2D eigenvalue weighted by molar-refractivity contribution is 5.87. The molecular formula is C16H15F3N2O. The second kappa shape index (κ2) is 6.09. The molecule has 6 heteroatoms. The van der Waals surface area contributed by atoms with Crippen LogP contribution in [0.2, 0.25) is 0 Å². The average Bonchev–Trinajstić information content (AvgIpc) is 2.45. The minimum Gasteiger partial charge on any atom is -0.507 e. The van der Waals surface area contributed by atoms with Crippen molar-refractivity contribution in [2.24, 2.45) is 4.99 Å². The highest BCUT2D eigenvalue weighted by Gasteiger charge is 2.31. The van der Waals surface area contributed by atoms with Crippen LogP contribution in [0.15, 0.2) is 47.5 Å². The van der Waals surface area contributed by atoms with Crippen molar-refractivity contribution in [2.45, 2.75) is 6.18 Å². The molecule has 0 aliphatic heterocycles. The van der Waals surface area contributed by atoms with E-state index >= 15 is 0 Å². The molecule has 0 aliphatic rings. The highest BCUT2D eigenvalue weighted by Crippen LogP contribution is 2.36. The molecule has 22 heavy (non-hydrogen) atoms. The number of halogens is 3. The summed E-state index contributed by atoms with van der Waals surface area (Å²) < 4.78 is 38.5. The molecule has 0 spiro atoms. The number of phenols is 1. The molecule has 0 unspecified atom stereocenters. The SMILES string of the molecule is CN(C)c1ccc(C(F)(F)F)cc1N=Cc1ccccc1O. The minimum atomic E-state index is -4.43. The Balaban J connectivity index is 2.46. The van der Waals surface area contributed by atoms with Crippen LogP contribution < -0.4 is 4.90 Å². The van der Waals surface area contributed by atoms with E-state index in [0.717, 1.165) is 12.1 Å². The van der Waals surface area contributed by atoms with Gasteiger partial charge >= 0.3 is 6.18 Å². The number of benzene rings is 2. The molecule has 116 valence electrons. The summed E-state index contributed by atoms with van der Waals surface area (Å²) in [4.78, 5) is 5.78. The van der Waals surface area contributed by atoms with Crippen molar-refractivity contribution in [3.8, 4) is 5.75 Å². The van der Waals surface area contributed by atoms with Crippen molar-refractivity contribution in [3.63, 3.8) is 0 Å². The predicted molar refractivity (Wildman–Crippen MR) is 81.1 cm³/mol. The van der Waals surface area contributed by atoms with Gasteiger partial charge in [-0.1, -0.05) is 12.1 Å². The molecule has 3 nitrogen and oxygen atoms in total. The van der Waals surface area contributed by atoms with Crippen LogP contribution in [0.25, 0.3) is 0 Å². The van der Waals surface area contributed by atoms with Gasteiger partial charge in [0.05, 0.1) is 16.9 Å². The van der Waals surface area contributed by atoms with Gasteiger partial charge < -0.3 is 10.0 Å². The fourth-order valence-corrected chi connectivity index (χ4v) is 1.92. The van der Waals surface area contributed by atoms with Crippen LogP contribution in [0.5, 0.6) is 5.75 Å². The lowest BCUT2D eigenvalue weighted by Crippen LogP contribution is -2.10. The molecule has 1 N–H and O–H groups in total. The van der Waals surface area contributed by atoms with Crippen LogP contribution in [0.4, 0.5) is 24.5 Å². The van der Waals surface area contributed by atoms with Gasteiger partial charge in [0.15, 0.2) is 0 Å². The van der Waals surface area contributed by atoms with Gasteiger partial charge in [-0.25, -0.2) is 0 Å². The summed E-state index contributed by atoms with van der Waals surface area (Å²) in [5.41, 5.74) is 0.412. The summed E-state index contributed by atoms with van der Waals surface area (Å²) in [6, 6.07) is 9.87. The molecule has 0 atom stereocenters. The quantitative estimate of drug-likeness (QED) is 0.861. The van der Waals surface area contributed by atoms with Gasteiger partial charge in [-0.3, -0.25) is 4.99 Å². The first-order valence-electron chi connectivity index (χ1n) is 6.49. The Morgan fingerprint density at radius 3 is 2.36 bits per heavy atom. The maximum Gasteiger partial charge on any atom is 0.416 e. The minimum absolute atomic E-state index is 0.0182. The third-order valence-corrected chi connectivity index (χ3v) is 3.06. The van der Waals surface area contributed by atoms with E-state index in [2.05, 4.69) is 4.99 Å². The summed E-state index contributed by atoms with van der Waals surface area (Å²) in [6.45, 7) is 0. The zero-order chi connectivity index (χ0) is 16.3. The van der Waals surface area contributed by atoms with E-state index in [9.17, 15) is 18.3 Å². The van der Waals surface area contributed by atoms with Crippen molar-refractivity contribution >= 4 is 17.6 Å². The summed E-state index contributed by atoms with van der Waals surface area (Å²) in [7, 11) is 3.45. The molecular weight excluding hydrogens is 293 g/mol. The lowest BCUT2D eigenvalue weighted by Gasteiger charge is -2.17. The number of rotatable bonds is 3. The smallest absolute Gasteiger partial charge is 0.416 e. The number of para-hydroxylation sites is 1. The van der Waals surface area contributed by atoms with Crippen LogP contribution in [0.1, 0.15) is 11.1 Å². The Labute approximate surface area is 126 Å². The normalized spacial score (nSPS) is 11.9. The van der Waals surface area contributed by atoms with Crippen molar-refractivity contribution < 1.29 is 18.3 Å². The van der Waals surface area contributed by atoms with E-state index in [0.29, 0.717) is 11.3 Å². The number of hydrogen-bond acceptors (Lipinski definition) is 3. The van der Waals surface area contributed by atoms with Gasteiger partial charge in [0.1, 0.15) is 5.75 Å². The number of alkyl halides is 3. The van der Waals surface area contributed by atoms with E-state index < -0.39 is 11.7 Å². The Kier molecular flexibility index (Phi) is 4.40. The monoisotopic (exact) mass is 308 g/mol. The Morgan fingerprint density at radius 1 is 1.09 bits per heavy atom. The van der Waals surface area contributed by atoms with E-state index in [1.54, 1.807) is 37.2 Å². The molecule has 0 aromatic heterocycles. The van der Waals surface area contributed by atoms with Crippen molar-refractivity contribution in [1.82, 2.24) is 0 Å². The lowest BCUT2D eigenvalue weighted by atomic mass is 10.1. The molecule has 0 saturated heterocycles. The molecule has 0 amide bonds. The van der Waals surface area contributed by atoms with Crippen LogP contribution in [0.3, 0.4) is 0 Å².